The van der Waals surface area contributed by atoms with Crippen molar-refractivity contribution in [2.45, 2.75) is 102 Å². The third kappa shape index (κ3) is 6.21. The van der Waals surface area contributed by atoms with Crippen molar-refractivity contribution in [1.29, 1.82) is 0 Å². The van der Waals surface area contributed by atoms with Crippen LogP contribution < -0.4 is 0 Å². The van der Waals surface area contributed by atoms with Crippen LogP contribution in [0.3, 0.4) is 0 Å². The maximum absolute atomic E-state index is 11.3. The lowest BCUT2D eigenvalue weighted by Gasteiger charge is -2.26. The first-order valence-corrected chi connectivity index (χ1v) is 12.8. The number of hydrogen-bond acceptors (Lipinski definition) is 2. The summed E-state index contributed by atoms with van der Waals surface area (Å²) >= 11 is 0. The Morgan fingerprint density at radius 3 is 1.87 bits per heavy atom. The van der Waals surface area contributed by atoms with Crippen LogP contribution in [0.15, 0.2) is 47.5 Å². The van der Waals surface area contributed by atoms with E-state index >= 15 is 0 Å². The van der Waals surface area contributed by atoms with E-state index in [4.69, 9.17) is 0 Å². The molecule has 0 heterocycles. The van der Waals surface area contributed by atoms with Gasteiger partial charge in [-0.25, -0.2) is 0 Å². The SMILES string of the molecule is Oc1c(C=Nc2ccccc2)cc(C2CCCCC2)cc1C1CCCCCCCCC1. The van der Waals surface area contributed by atoms with Crippen molar-refractivity contribution in [3.63, 3.8) is 0 Å². The van der Waals surface area contributed by atoms with Gasteiger partial charge in [0.1, 0.15) is 5.75 Å². The number of benzene rings is 2. The number of para-hydroxylation sites is 1. The molecule has 2 saturated carbocycles. The molecule has 4 rings (SSSR count). The summed E-state index contributed by atoms with van der Waals surface area (Å²) in [6.45, 7) is 0. The van der Waals surface area contributed by atoms with Gasteiger partial charge in [-0.15, -0.1) is 0 Å². The lowest BCUT2D eigenvalue weighted by Crippen LogP contribution is -2.08. The van der Waals surface area contributed by atoms with Crippen molar-refractivity contribution in [3.05, 3.63) is 59.2 Å². The normalized spacial score (nSPS) is 20.1. The summed E-state index contributed by atoms with van der Waals surface area (Å²) in [6, 6.07) is 14.7. The van der Waals surface area contributed by atoms with E-state index in [1.54, 1.807) is 0 Å². The molecular weight excluding hydrogens is 378 g/mol. The maximum Gasteiger partial charge on any atom is 0.127 e. The van der Waals surface area contributed by atoms with Crippen LogP contribution in [0, 0.1) is 0 Å². The number of hydrogen-bond donors (Lipinski definition) is 1. The Labute approximate surface area is 188 Å². The average molecular weight is 418 g/mol. The summed E-state index contributed by atoms with van der Waals surface area (Å²) in [5, 5.41) is 11.3. The second-order valence-corrected chi connectivity index (χ2v) is 9.73. The first kappa shape index (κ1) is 22.1. The van der Waals surface area contributed by atoms with Crippen LogP contribution in [0.5, 0.6) is 5.75 Å². The number of phenolic OH excluding ortho intramolecular Hbond substituents is 1. The highest BCUT2D eigenvalue weighted by Gasteiger charge is 2.23. The Hall–Kier alpha value is -2.09. The van der Waals surface area contributed by atoms with Gasteiger partial charge in [-0.2, -0.15) is 0 Å². The van der Waals surface area contributed by atoms with E-state index in [0.717, 1.165) is 11.3 Å². The second kappa shape index (κ2) is 11.5. The van der Waals surface area contributed by atoms with Crippen LogP contribution >= 0.6 is 0 Å². The van der Waals surface area contributed by atoms with E-state index in [9.17, 15) is 5.11 Å². The molecule has 2 aliphatic carbocycles. The van der Waals surface area contributed by atoms with E-state index in [2.05, 4.69) is 17.1 Å². The summed E-state index contributed by atoms with van der Waals surface area (Å²) in [5.41, 5.74) is 4.46. The average Bonchev–Trinajstić information content (AvgIpc) is 2.83. The molecule has 2 fully saturated rings. The van der Waals surface area contributed by atoms with Crippen LogP contribution in [0.4, 0.5) is 5.69 Å². The molecule has 166 valence electrons. The summed E-state index contributed by atoms with van der Waals surface area (Å²) in [7, 11) is 0. The predicted molar refractivity (Wildman–Crippen MR) is 132 cm³/mol. The number of rotatable bonds is 4. The summed E-state index contributed by atoms with van der Waals surface area (Å²) in [6.07, 6.45) is 20.3. The minimum absolute atomic E-state index is 0.473. The molecule has 0 radical (unpaired) electrons. The molecule has 0 atom stereocenters. The Morgan fingerprint density at radius 2 is 1.23 bits per heavy atom. The zero-order chi connectivity index (χ0) is 21.3. The van der Waals surface area contributed by atoms with Crippen molar-refractivity contribution in [1.82, 2.24) is 0 Å². The number of nitrogens with zero attached hydrogens (tertiary/aromatic N) is 1. The largest absolute Gasteiger partial charge is 0.507 e. The Kier molecular flexibility index (Phi) is 8.21. The molecule has 0 saturated heterocycles. The van der Waals surface area contributed by atoms with Crippen LogP contribution in [-0.2, 0) is 0 Å². The van der Waals surface area contributed by atoms with Gasteiger partial charge in [0.05, 0.1) is 5.69 Å². The monoisotopic (exact) mass is 417 g/mol. The zero-order valence-electron chi connectivity index (χ0n) is 19.1. The van der Waals surface area contributed by atoms with Crippen LogP contribution in [0.25, 0.3) is 0 Å². The van der Waals surface area contributed by atoms with Crippen molar-refractivity contribution in [3.8, 4) is 5.75 Å². The smallest absolute Gasteiger partial charge is 0.127 e. The van der Waals surface area contributed by atoms with Crippen molar-refractivity contribution in [2.24, 2.45) is 4.99 Å². The lowest BCUT2D eigenvalue weighted by atomic mass is 9.80. The molecule has 0 unspecified atom stereocenters. The number of phenols is 1. The molecule has 0 bridgehead atoms. The fourth-order valence-corrected chi connectivity index (χ4v) is 5.56. The molecule has 2 heteroatoms. The predicted octanol–water partition coefficient (Wildman–Crippen LogP) is 8.80. The Balaban J connectivity index is 1.67. The minimum Gasteiger partial charge on any atom is -0.507 e. The van der Waals surface area contributed by atoms with Gasteiger partial charge in [-0.05, 0) is 66.8 Å². The highest BCUT2D eigenvalue weighted by molar-refractivity contribution is 5.86. The first-order chi connectivity index (χ1) is 15.3. The summed E-state index contributed by atoms with van der Waals surface area (Å²) in [4.78, 5) is 4.69. The topological polar surface area (TPSA) is 32.6 Å². The van der Waals surface area contributed by atoms with Gasteiger partial charge in [0.15, 0.2) is 0 Å². The molecule has 0 aromatic heterocycles. The maximum atomic E-state index is 11.3. The Bertz CT molecular complexity index is 825. The molecule has 0 aliphatic heterocycles. The molecule has 2 aromatic rings. The minimum atomic E-state index is 0.473. The van der Waals surface area contributed by atoms with Crippen molar-refractivity contribution < 1.29 is 5.11 Å². The molecule has 2 aliphatic rings. The molecule has 2 nitrogen and oxygen atoms in total. The van der Waals surface area contributed by atoms with Gasteiger partial charge in [-0.3, -0.25) is 4.99 Å². The summed E-state index contributed by atoms with van der Waals surface area (Å²) in [5.74, 6) is 1.59. The molecular formula is C29H39NO. The molecule has 2 aromatic carbocycles. The second-order valence-electron chi connectivity index (χ2n) is 9.73. The van der Waals surface area contributed by atoms with Gasteiger partial charge in [0, 0.05) is 11.8 Å². The van der Waals surface area contributed by atoms with Crippen molar-refractivity contribution in [2.75, 3.05) is 0 Å². The standard InChI is InChI=1S/C29H39NO/c31-29-26(22-30-27-18-12-7-13-19-27)20-25(23-14-10-6-11-15-23)21-28(29)24-16-8-4-2-1-3-5-9-17-24/h7,12-13,18-24,31H,1-6,8-11,14-17H2. The van der Waals surface area contributed by atoms with Crippen LogP contribution in [0.2, 0.25) is 0 Å². The van der Waals surface area contributed by atoms with E-state index in [-0.39, 0.29) is 0 Å². The molecule has 1 N–H and O–H groups in total. The summed E-state index contributed by atoms with van der Waals surface area (Å²) < 4.78 is 0. The quantitative estimate of drug-likeness (QED) is 0.495. The van der Waals surface area contributed by atoms with E-state index in [1.807, 2.05) is 36.5 Å². The highest BCUT2D eigenvalue weighted by Crippen LogP contribution is 2.41. The van der Waals surface area contributed by atoms with Gasteiger partial charge >= 0.3 is 0 Å². The van der Waals surface area contributed by atoms with Gasteiger partial charge in [-0.1, -0.05) is 88.5 Å². The first-order valence-electron chi connectivity index (χ1n) is 12.8. The third-order valence-electron chi connectivity index (χ3n) is 7.42. The van der Waals surface area contributed by atoms with E-state index in [1.165, 1.54) is 101 Å². The molecule has 31 heavy (non-hydrogen) atoms. The fraction of sp³-hybridized carbons (Fsp3) is 0.552. The van der Waals surface area contributed by atoms with Gasteiger partial charge in [0.25, 0.3) is 0 Å². The molecule has 0 spiro atoms. The highest BCUT2D eigenvalue weighted by atomic mass is 16.3. The Morgan fingerprint density at radius 1 is 0.677 bits per heavy atom. The van der Waals surface area contributed by atoms with Gasteiger partial charge in [0.2, 0.25) is 0 Å². The number of aromatic hydroxyl groups is 1. The third-order valence-corrected chi connectivity index (χ3v) is 7.42. The zero-order valence-corrected chi connectivity index (χ0v) is 19.1. The lowest BCUT2D eigenvalue weighted by molar-refractivity contribution is 0.423. The van der Waals surface area contributed by atoms with Gasteiger partial charge < -0.3 is 5.11 Å². The fourth-order valence-electron chi connectivity index (χ4n) is 5.56. The van der Waals surface area contributed by atoms with Crippen LogP contribution in [0.1, 0.15) is 118 Å². The van der Waals surface area contributed by atoms with E-state index in [0.29, 0.717) is 17.6 Å². The molecule has 0 amide bonds. The van der Waals surface area contributed by atoms with Crippen LogP contribution in [-0.4, -0.2) is 11.3 Å². The van der Waals surface area contributed by atoms with E-state index < -0.39 is 0 Å². The number of aliphatic imine (C=N–C) groups is 1. The van der Waals surface area contributed by atoms with Crippen molar-refractivity contribution >= 4 is 11.9 Å².